The van der Waals surface area contributed by atoms with Gasteiger partial charge in [-0.25, -0.2) is 4.68 Å². The molecule has 0 saturated heterocycles. The Morgan fingerprint density at radius 2 is 1.87 bits per heavy atom. The Morgan fingerprint density at radius 1 is 1.04 bits per heavy atom. The van der Waals surface area contributed by atoms with Gasteiger partial charge in [0.2, 0.25) is 11.1 Å². The van der Waals surface area contributed by atoms with Crippen LogP contribution in [0.4, 0.5) is 11.6 Å². The van der Waals surface area contributed by atoms with Crippen LogP contribution in [0.25, 0.3) is 0 Å². The zero-order valence-electron chi connectivity index (χ0n) is 26.4. The Labute approximate surface area is 274 Å². The van der Waals surface area contributed by atoms with E-state index < -0.39 is 6.04 Å². The molecule has 1 unspecified atom stereocenters. The van der Waals surface area contributed by atoms with Crippen molar-refractivity contribution in [2.24, 2.45) is 0 Å². The Morgan fingerprint density at radius 3 is 2.64 bits per heavy atom. The number of rotatable bonds is 13. The van der Waals surface area contributed by atoms with Crippen LogP contribution in [0.5, 0.6) is 11.5 Å². The Hall–Kier alpha value is -3.95. The highest BCUT2D eigenvalue weighted by molar-refractivity contribution is 7.98. The number of fused-ring (bicyclic) bond motifs is 1. The summed E-state index contributed by atoms with van der Waals surface area (Å²) in [6, 6.07) is 18.9. The van der Waals surface area contributed by atoms with Crippen molar-refractivity contribution in [1.29, 1.82) is 0 Å². The lowest BCUT2D eigenvalue weighted by atomic mass is 9.94. The van der Waals surface area contributed by atoms with Crippen LogP contribution in [-0.4, -0.2) is 34.4 Å². The first kappa shape index (κ1) is 32.4. The Bertz CT molecular complexity index is 1700. The van der Waals surface area contributed by atoms with Crippen molar-refractivity contribution in [2.45, 2.75) is 70.3 Å². The minimum atomic E-state index is -0.568. The molecular weight excluding hydrogens is 606 g/mol. The molecule has 2 N–H and O–H groups in total. The van der Waals surface area contributed by atoms with Gasteiger partial charge < -0.3 is 20.1 Å². The summed E-state index contributed by atoms with van der Waals surface area (Å²) in [7, 11) is 1.63. The number of allylic oxidation sites excluding steroid dienone is 1. The molecule has 5 rings (SSSR count). The van der Waals surface area contributed by atoms with Crippen LogP contribution in [-0.2, 0) is 10.5 Å². The van der Waals surface area contributed by atoms with Gasteiger partial charge >= 0.3 is 0 Å². The van der Waals surface area contributed by atoms with Crippen molar-refractivity contribution >= 4 is 40.9 Å². The molecule has 8 nitrogen and oxygen atoms in total. The standard InChI is InChI=1S/C35H40ClN5O3S/c1-6-7-8-11-19-44-29-18-17-25(20-30(29)43-5)32-31(33(42)38-28-16-12-13-22(2)23(28)3)24(4)37-34-39-35(40-41(32)34)45-21-26-14-9-10-15-27(26)36/h9-10,12-18,20,32H,6-8,11,19,21H2,1-5H3,(H,38,42)(H,37,39,40). The normalized spacial score (nSPS) is 14.1. The lowest BCUT2D eigenvalue weighted by molar-refractivity contribution is -0.113. The van der Waals surface area contributed by atoms with Gasteiger partial charge in [-0.15, -0.1) is 5.10 Å². The molecule has 3 aromatic carbocycles. The number of nitrogens with one attached hydrogen (secondary N) is 2. The van der Waals surface area contributed by atoms with Gasteiger partial charge in [0.1, 0.15) is 6.04 Å². The van der Waals surface area contributed by atoms with E-state index >= 15 is 0 Å². The van der Waals surface area contributed by atoms with Crippen molar-refractivity contribution in [1.82, 2.24) is 14.8 Å². The predicted octanol–water partition coefficient (Wildman–Crippen LogP) is 8.74. The second-order valence-electron chi connectivity index (χ2n) is 11.1. The van der Waals surface area contributed by atoms with Gasteiger partial charge in [0.25, 0.3) is 5.91 Å². The first-order valence-corrected chi connectivity index (χ1v) is 16.7. The molecule has 1 aromatic heterocycles. The molecule has 1 aliphatic rings. The van der Waals surface area contributed by atoms with Crippen molar-refractivity contribution < 1.29 is 14.3 Å². The van der Waals surface area contributed by atoms with Crippen LogP contribution in [0.1, 0.15) is 67.8 Å². The number of thioether (sulfide) groups is 1. The zero-order valence-corrected chi connectivity index (χ0v) is 28.0. The van der Waals surface area contributed by atoms with E-state index in [-0.39, 0.29) is 5.91 Å². The number of nitrogens with zero attached hydrogens (tertiary/aromatic N) is 3. The second-order valence-corrected chi connectivity index (χ2v) is 12.5. The van der Waals surface area contributed by atoms with Crippen molar-refractivity contribution in [2.75, 3.05) is 24.4 Å². The number of aryl methyl sites for hydroxylation is 1. The van der Waals surface area contributed by atoms with Gasteiger partial charge in [0.15, 0.2) is 11.5 Å². The maximum absolute atomic E-state index is 14.1. The van der Waals surface area contributed by atoms with Crippen LogP contribution in [0.15, 0.2) is 77.1 Å². The highest BCUT2D eigenvalue weighted by atomic mass is 35.5. The number of hydrogen-bond donors (Lipinski definition) is 2. The number of hydrogen-bond acceptors (Lipinski definition) is 7. The van der Waals surface area contributed by atoms with Gasteiger partial charge in [-0.3, -0.25) is 4.79 Å². The molecule has 45 heavy (non-hydrogen) atoms. The van der Waals surface area contributed by atoms with E-state index in [0.717, 1.165) is 40.8 Å². The number of unbranched alkanes of at least 4 members (excludes halogenated alkanes) is 3. The lowest BCUT2D eigenvalue weighted by Crippen LogP contribution is -2.31. The molecular formula is C35H40ClN5O3S. The number of carbonyl (C=O) groups is 1. The zero-order chi connectivity index (χ0) is 31.9. The molecule has 1 amide bonds. The first-order valence-electron chi connectivity index (χ1n) is 15.3. The maximum Gasteiger partial charge on any atom is 0.255 e. The molecule has 0 saturated carbocycles. The monoisotopic (exact) mass is 645 g/mol. The third-order valence-corrected chi connectivity index (χ3v) is 9.26. The number of halogens is 1. The minimum absolute atomic E-state index is 0.222. The molecule has 2 heterocycles. The third-order valence-electron chi connectivity index (χ3n) is 8.00. The fourth-order valence-corrected chi connectivity index (χ4v) is 6.43. The van der Waals surface area contributed by atoms with Crippen LogP contribution in [0.3, 0.4) is 0 Å². The van der Waals surface area contributed by atoms with Gasteiger partial charge in [-0.2, -0.15) is 4.98 Å². The fraction of sp³-hybridized carbons (Fsp3) is 0.343. The first-order chi connectivity index (χ1) is 21.8. The number of anilines is 2. The number of benzene rings is 3. The van der Waals surface area contributed by atoms with Crippen LogP contribution in [0.2, 0.25) is 5.02 Å². The maximum atomic E-state index is 14.1. The van der Waals surface area contributed by atoms with Crippen LogP contribution < -0.4 is 20.1 Å². The average Bonchev–Trinajstić information content (AvgIpc) is 3.44. The molecule has 0 radical (unpaired) electrons. The van der Waals surface area contributed by atoms with Gasteiger partial charge in [0, 0.05) is 22.2 Å². The third kappa shape index (κ3) is 7.48. The van der Waals surface area contributed by atoms with Crippen LogP contribution >= 0.6 is 23.4 Å². The number of carbonyl (C=O) groups excluding carboxylic acids is 1. The highest BCUT2D eigenvalue weighted by Gasteiger charge is 2.35. The average molecular weight is 646 g/mol. The molecule has 1 atom stereocenters. The summed E-state index contributed by atoms with van der Waals surface area (Å²) < 4.78 is 13.6. The number of ether oxygens (including phenoxy) is 2. The number of aromatic nitrogens is 3. The predicted molar refractivity (Wildman–Crippen MR) is 183 cm³/mol. The van der Waals surface area contributed by atoms with Gasteiger partial charge in [-0.05, 0) is 73.7 Å². The van der Waals surface area contributed by atoms with Gasteiger partial charge in [0.05, 0.1) is 19.3 Å². The molecule has 0 aliphatic carbocycles. The summed E-state index contributed by atoms with van der Waals surface area (Å²) in [5, 5.41) is 12.6. The summed E-state index contributed by atoms with van der Waals surface area (Å²) in [4.78, 5) is 18.9. The Kier molecular flexibility index (Phi) is 10.7. The van der Waals surface area contributed by atoms with E-state index in [4.69, 9.17) is 31.2 Å². The fourth-order valence-electron chi connectivity index (χ4n) is 5.31. The summed E-state index contributed by atoms with van der Waals surface area (Å²) in [6.45, 7) is 8.74. The topological polar surface area (TPSA) is 90.3 Å². The van der Waals surface area contributed by atoms with Crippen molar-refractivity contribution in [3.63, 3.8) is 0 Å². The van der Waals surface area contributed by atoms with E-state index in [0.29, 0.717) is 51.3 Å². The largest absolute Gasteiger partial charge is 0.493 e. The van der Waals surface area contributed by atoms with Crippen LogP contribution in [0, 0.1) is 13.8 Å². The smallest absolute Gasteiger partial charge is 0.255 e. The lowest BCUT2D eigenvalue weighted by Gasteiger charge is -2.29. The molecule has 0 fully saturated rings. The second kappa shape index (κ2) is 14.9. The molecule has 4 aromatic rings. The van der Waals surface area contributed by atoms with E-state index in [1.807, 2.05) is 81.4 Å². The van der Waals surface area contributed by atoms with Gasteiger partial charge in [-0.1, -0.05) is 85.9 Å². The molecule has 10 heteroatoms. The molecule has 236 valence electrons. The summed E-state index contributed by atoms with van der Waals surface area (Å²) >= 11 is 7.89. The quantitative estimate of drug-likeness (QED) is 0.111. The summed E-state index contributed by atoms with van der Waals surface area (Å²) in [5.41, 5.74) is 5.94. The van der Waals surface area contributed by atoms with E-state index in [1.165, 1.54) is 24.6 Å². The number of methoxy groups -OCH3 is 1. The Balaban J connectivity index is 1.49. The number of amides is 1. The minimum Gasteiger partial charge on any atom is -0.493 e. The highest BCUT2D eigenvalue weighted by Crippen LogP contribution is 2.40. The SMILES string of the molecule is CCCCCCOc1ccc(C2C(C(=O)Nc3cccc(C)c3C)=C(C)Nc3nc(SCc4ccccc4Cl)nn32)cc1OC. The van der Waals surface area contributed by atoms with Crippen molar-refractivity contribution in [3.05, 3.63) is 99.2 Å². The molecule has 0 spiro atoms. The summed E-state index contributed by atoms with van der Waals surface area (Å²) in [6.07, 6.45) is 4.47. The molecule has 0 bridgehead atoms. The summed E-state index contributed by atoms with van der Waals surface area (Å²) in [5.74, 6) is 2.21. The van der Waals surface area contributed by atoms with E-state index in [2.05, 4.69) is 17.6 Å². The van der Waals surface area contributed by atoms with E-state index in [1.54, 1.807) is 11.8 Å². The molecule has 1 aliphatic heterocycles. The van der Waals surface area contributed by atoms with Crippen molar-refractivity contribution in [3.8, 4) is 11.5 Å². The van der Waals surface area contributed by atoms with E-state index in [9.17, 15) is 4.79 Å².